The molecule has 6 nitrogen and oxygen atoms in total. The fourth-order valence-corrected chi connectivity index (χ4v) is 2.55. The molecule has 0 saturated heterocycles. The van der Waals surface area contributed by atoms with Crippen molar-refractivity contribution in [3.8, 4) is 5.75 Å². The molecule has 1 aromatic carbocycles. The molecule has 26 heavy (non-hydrogen) atoms. The number of esters is 1. The number of nitrogens with two attached hydrogens (primary N) is 1. The molecule has 1 amide bonds. The summed E-state index contributed by atoms with van der Waals surface area (Å²) in [6.07, 6.45) is -0.284. The molecule has 0 radical (unpaired) electrons. The van der Waals surface area contributed by atoms with Gasteiger partial charge in [0.2, 0.25) is 5.91 Å². The van der Waals surface area contributed by atoms with Gasteiger partial charge >= 0.3 is 5.97 Å². The van der Waals surface area contributed by atoms with E-state index in [2.05, 4.69) is 33.0 Å². The minimum absolute atomic E-state index is 0.189. The third-order valence-corrected chi connectivity index (χ3v) is 4.22. The van der Waals surface area contributed by atoms with E-state index in [1.807, 2.05) is 18.2 Å². The van der Waals surface area contributed by atoms with Crippen LogP contribution in [0, 0.1) is 0 Å². The lowest BCUT2D eigenvalue weighted by atomic mass is 9.94. The van der Waals surface area contributed by atoms with Gasteiger partial charge < -0.3 is 20.9 Å². The Balaban J connectivity index is 2.62. The number of hydrogen-bond acceptors (Lipinski definition) is 5. The number of para-hydroxylation sites is 1. The molecule has 146 valence electrons. The topological polar surface area (TPSA) is 102 Å². The Morgan fingerprint density at radius 2 is 1.65 bits per heavy atom. The number of aliphatic hydroxyl groups excluding tert-OH is 1. The van der Waals surface area contributed by atoms with E-state index in [1.54, 1.807) is 0 Å². The van der Waals surface area contributed by atoms with Crippen LogP contribution in [0.2, 0.25) is 0 Å². The summed E-state index contributed by atoms with van der Waals surface area (Å²) in [6.45, 7) is 10.0. The number of carbonyl (C=O) groups is 2. The number of rotatable bonds is 9. The molecule has 0 heterocycles. The van der Waals surface area contributed by atoms with Crippen molar-refractivity contribution in [3.05, 3.63) is 29.3 Å². The predicted octanol–water partition coefficient (Wildman–Crippen LogP) is 2.44. The molecule has 0 bridgehead atoms. The van der Waals surface area contributed by atoms with Crippen molar-refractivity contribution in [1.82, 2.24) is 5.32 Å². The molecule has 2 atom stereocenters. The molecular formula is C20H32N2O4. The second kappa shape index (κ2) is 10.3. The summed E-state index contributed by atoms with van der Waals surface area (Å²) in [4.78, 5) is 23.9. The lowest BCUT2D eigenvalue weighted by Crippen LogP contribution is -2.47. The standard InChI is InChI=1S/C20H32N2O4/c1-12(2)15-8-6-9-16(13(3)4)19(15)26-17(24)10-7-11-22-20(25)18(21)14(5)23/h6,8-9,12-14,18,23H,7,10-11,21H2,1-5H3,(H,22,25)/t14-,18+/m1/s1. The first-order valence-electron chi connectivity index (χ1n) is 9.20. The largest absolute Gasteiger partial charge is 0.426 e. The number of hydrogen-bond donors (Lipinski definition) is 3. The van der Waals surface area contributed by atoms with Crippen LogP contribution < -0.4 is 15.8 Å². The number of ether oxygens (including phenoxy) is 1. The smallest absolute Gasteiger partial charge is 0.311 e. The van der Waals surface area contributed by atoms with Gasteiger partial charge in [-0.15, -0.1) is 0 Å². The highest BCUT2D eigenvalue weighted by atomic mass is 16.5. The Morgan fingerprint density at radius 3 is 2.12 bits per heavy atom. The summed E-state index contributed by atoms with van der Waals surface area (Å²) in [5, 5.41) is 11.9. The van der Waals surface area contributed by atoms with Crippen LogP contribution in [0.15, 0.2) is 18.2 Å². The van der Waals surface area contributed by atoms with E-state index in [9.17, 15) is 14.7 Å². The van der Waals surface area contributed by atoms with Gasteiger partial charge in [0.05, 0.1) is 6.10 Å². The van der Waals surface area contributed by atoms with Crippen LogP contribution in [-0.4, -0.2) is 35.7 Å². The molecular weight excluding hydrogens is 332 g/mol. The number of nitrogens with one attached hydrogen (secondary N) is 1. The lowest BCUT2D eigenvalue weighted by Gasteiger charge is -2.19. The van der Waals surface area contributed by atoms with Gasteiger partial charge in [-0.3, -0.25) is 9.59 Å². The second-order valence-electron chi connectivity index (χ2n) is 7.21. The van der Waals surface area contributed by atoms with Crippen molar-refractivity contribution in [2.45, 2.75) is 71.4 Å². The zero-order chi connectivity index (χ0) is 19.9. The van der Waals surface area contributed by atoms with Crippen LogP contribution >= 0.6 is 0 Å². The summed E-state index contributed by atoms with van der Waals surface area (Å²) >= 11 is 0. The molecule has 1 aromatic rings. The maximum absolute atomic E-state index is 12.2. The van der Waals surface area contributed by atoms with Crippen molar-refractivity contribution >= 4 is 11.9 Å². The molecule has 0 aliphatic carbocycles. The molecule has 0 aliphatic heterocycles. The number of benzene rings is 1. The van der Waals surface area contributed by atoms with Crippen LogP contribution in [0.3, 0.4) is 0 Å². The fourth-order valence-electron chi connectivity index (χ4n) is 2.55. The molecule has 0 aliphatic rings. The first-order chi connectivity index (χ1) is 12.1. The Hall–Kier alpha value is -1.92. The van der Waals surface area contributed by atoms with Gasteiger partial charge in [0.15, 0.2) is 0 Å². The minimum atomic E-state index is -0.964. The maximum atomic E-state index is 12.2. The number of carbonyl (C=O) groups excluding carboxylic acids is 2. The van der Waals surface area contributed by atoms with Crippen molar-refractivity contribution in [2.24, 2.45) is 5.73 Å². The van der Waals surface area contributed by atoms with E-state index in [0.29, 0.717) is 18.7 Å². The summed E-state index contributed by atoms with van der Waals surface area (Å²) in [5.41, 5.74) is 7.57. The van der Waals surface area contributed by atoms with Crippen molar-refractivity contribution in [3.63, 3.8) is 0 Å². The van der Waals surface area contributed by atoms with Crippen molar-refractivity contribution in [2.75, 3.05) is 6.54 Å². The van der Waals surface area contributed by atoms with Gasteiger partial charge in [-0.2, -0.15) is 0 Å². The Labute approximate surface area is 156 Å². The van der Waals surface area contributed by atoms with E-state index >= 15 is 0 Å². The van der Waals surface area contributed by atoms with E-state index in [-0.39, 0.29) is 24.2 Å². The van der Waals surface area contributed by atoms with E-state index in [1.165, 1.54) is 6.92 Å². The monoisotopic (exact) mass is 364 g/mol. The van der Waals surface area contributed by atoms with Crippen LogP contribution in [-0.2, 0) is 9.59 Å². The first kappa shape index (κ1) is 22.1. The van der Waals surface area contributed by atoms with Gasteiger partial charge in [-0.05, 0) is 36.3 Å². The van der Waals surface area contributed by atoms with E-state index < -0.39 is 18.1 Å². The zero-order valence-corrected chi connectivity index (χ0v) is 16.4. The molecule has 0 fully saturated rings. The zero-order valence-electron chi connectivity index (χ0n) is 16.4. The highest BCUT2D eigenvalue weighted by molar-refractivity contribution is 5.82. The first-order valence-corrected chi connectivity index (χ1v) is 9.20. The molecule has 0 saturated carbocycles. The molecule has 0 aromatic heterocycles. The van der Waals surface area contributed by atoms with Crippen LogP contribution in [0.1, 0.15) is 70.4 Å². The number of aliphatic hydroxyl groups is 1. The van der Waals surface area contributed by atoms with Gasteiger partial charge in [0.1, 0.15) is 11.8 Å². The van der Waals surface area contributed by atoms with Gasteiger partial charge in [-0.25, -0.2) is 0 Å². The van der Waals surface area contributed by atoms with Crippen LogP contribution in [0.5, 0.6) is 5.75 Å². The normalized spacial score (nSPS) is 13.6. The third kappa shape index (κ3) is 6.42. The fraction of sp³-hybridized carbons (Fsp3) is 0.600. The molecule has 1 rings (SSSR count). The van der Waals surface area contributed by atoms with Gasteiger partial charge in [-0.1, -0.05) is 45.9 Å². The quantitative estimate of drug-likeness (QED) is 0.355. The Kier molecular flexibility index (Phi) is 8.75. The van der Waals surface area contributed by atoms with E-state index in [4.69, 9.17) is 10.5 Å². The summed E-state index contributed by atoms with van der Waals surface area (Å²) < 4.78 is 5.68. The summed E-state index contributed by atoms with van der Waals surface area (Å²) in [5.74, 6) is 0.396. The van der Waals surface area contributed by atoms with Gasteiger partial charge in [0.25, 0.3) is 0 Å². The lowest BCUT2D eigenvalue weighted by molar-refractivity contribution is -0.134. The van der Waals surface area contributed by atoms with Crippen molar-refractivity contribution in [1.29, 1.82) is 0 Å². The molecule has 6 heteroatoms. The van der Waals surface area contributed by atoms with Gasteiger partial charge in [0, 0.05) is 13.0 Å². The summed E-state index contributed by atoms with van der Waals surface area (Å²) in [6, 6.07) is 4.99. The van der Waals surface area contributed by atoms with Crippen LogP contribution in [0.25, 0.3) is 0 Å². The van der Waals surface area contributed by atoms with E-state index in [0.717, 1.165) is 11.1 Å². The second-order valence-corrected chi connectivity index (χ2v) is 7.21. The Morgan fingerprint density at radius 1 is 1.12 bits per heavy atom. The SMILES string of the molecule is CC(C)c1cccc(C(C)C)c1OC(=O)CCCNC(=O)[C@@H](N)[C@@H](C)O. The van der Waals surface area contributed by atoms with Crippen LogP contribution in [0.4, 0.5) is 0 Å². The summed E-state index contributed by atoms with van der Waals surface area (Å²) in [7, 11) is 0. The highest BCUT2D eigenvalue weighted by Crippen LogP contribution is 2.34. The minimum Gasteiger partial charge on any atom is -0.426 e. The molecule has 0 spiro atoms. The van der Waals surface area contributed by atoms with Crippen molar-refractivity contribution < 1.29 is 19.4 Å². The molecule has 4 N–H and O–H groups in total. The number of amides is 1. The third-order valence-electron chi connectivity index (χ3n) is 4.22. The highest BCUT2D eigenvalue weighted by Gasteiger charge is 2.19. The Bertz CT molecular complexity index is 586. The average Bonchev–Trinajstić information content (AvgIpc) is 2.57. The maximum Gasteiger partial charge on any atom is 0.311 e. The average molecular weight is 364 g/mol. The predicted molar refractivity (Wildman–Crippen MR) is 102 cm³/mol. The molecule has 0 unspecified atom stereocenters.